The zero-order valence-corrected chi connectivity index (χ0v) is 8.45. The van der Waals surface area contributed by atoms with Crippen molar-refractivity contribution >= 4 is 0 Å². The van der Waals surface area contributed by atoms with Gasteiger partial charge in [-0.15, -0.1) is 13.2 Å². The molecule has 0 aliphatic heterocycles. The summed E-state index contributed by atoms with van der Waals surface area (Å²) in [5.41, 5.74) is 1.30. The van der Waals surface area contributed by atoms with Crippen molar-refractivity contribution in [2.75, 3.05) is 6.54 Å². The van der Waals surface area contributed by atoms with Crippen LogP contribution in [-0.4, -0.2) is 6.54 Å². The van der Waals surface area contributed by atoms with Gasteiger partial charge in [0.05, 0.1) is 0 Å². The number of hydrogen-bond donors (Lipinski definition) is 1. The second-order valence-electron chi connectivity index (χ2n) is 3.18. The van der Waals surface area contributed by atoms with E-state index in [1.54, 1.807) is 0 Å². The fraction of sp³-hybridized carbons (Fsp3) is 0.231. The molecule has 0 aromatic heterocycles. The molecule has 0 amide bonds. The second-order valence-corrected chi connectivity index (χ2v) is 3.18. The summed E-state index contributed by atoms with van der Waals surface area (Å²) in [5, 5.41) is 3.40. The third kappa shape index (κ3) is 3.19. The quantitative estimate of drug-likeness (QED) is 0.675. The van der Waals surface area contributed by atoms with Crippen LogP contribution in [0.4, 0.5) is 0 Å². The Kier molecular flexibility index (Phi) is 4.73. The van der Waals surface area contributed by atoms with E-state index in [2.05, 4.69) is 42.7 Å². The zero-order chi connectivity index (χ0) is 10.2. The van der Waals surface area contributed by atoms with Gasteiger partial charge in [0.25, 0.3) is 0 Å². The topological polar surface area (TPSA) is 12.0 Å². The number of hydrogen-bond acceptors (Lipinski definition) is 1. The summed E-state index contributed by atoms with van der Waals surface area (Å²) in [6, 6.07) is 10.8. The summed E-state index contributed by atoms with van der Waals surface area (Å²) in [7, 11) is 0. The molecule has 0 heterocycles. The first-order valence-corrected chi connectivity index (χ1v) is 4.88. The van der Waals surface area contributed by atoms with E-state index >= 15 is 0 Å². The van der Waals surface area contributed by atoms with Crippen LogP contribution in [0.5, 0.6) is 0 Å². The van der Waals surface area contributed by atoms with Gasteiger partial charge in [-0.2, -0.15) is 0 Å². The van der Waals surface area contributed by atoms with Crippen LogP contribution in [0, 0.1) is 0 Å². The lowest BCUT2D eigenvalue weighted by molar-refractivity contribution is 0.575. The predicted molar refractivity (Wildman–Crippen MR) is 62.2 cm³/mol. The molecule has 0 aliphatic carbocycles. The van der Waals surface area contributed by atoms with Crippen LogP contribution in [0.1, 0.15) is 18.0 Å². The molecule has 1 atom stereocenters. The first kappa shape index (κ1) is 10.7. The summed E-state index contributed by atoms with van der Waals surface area (Å²) >= 11 is 0. The molecule has 1 nitrogen and oxygen atoms in total. The Morgan fingerprint density at radius 3 is 2.43 bits per heavy atom. The van der Waals surface area contributed by atoms with Crippen molar-refractivity contribution in [1.29, 1.82) is 0 Å². The third-order valence-electron chi connectivity index (χ3n) is 2.11. The fourth-order valence-electron chi connectivity index (χ4n) is 1.41. The lowest BCUT2D eigenvalue weighted by Crippen LogP contribution is -2.20. The molecule has 0 unspecified atom stereocenters. The first-order chi connectivity index (χ1) is 6.88. The minimum atomic E-state index is 0.353. The average molecular weight is 187 g/mol. The van der Waals surface area contributed by atoms with Crippen molar-refractivity contribution in [2.45, 2.75) is 12.5 Å². The highest BCUT2D eigenvalue weighted by molar-refractivity contribution is 5.19. The van der Waals surface area contributed by atoms with Crippen LogP contribution in [0.3, 0.4) is 0 Å². The van der Waals surface area contributed by atoms with Gasteiger partial charge in [0, 0.05) is 12.6 Å². The van der Waals surface area contributed by atoms with Crippen molar-refractivity contribution in [3.05, 3.63) is 61.2 Å². The minimum Gasteiger partial charge on any atom is -0.306 e. The summed E-state index contributed by atoms with van der Waals surface area (Å²) in [6.07, 6.45) is 4.75. The molecule has 74 valence electrons. The molecule has 0 radical (unpaired) electrons. The Morgan fingerprint density at radius 1 is 1.14 bits per heavy atom. The van der Waals surface area contributed by atoms with Crippen LogP contribution in [0.25, 0.3) is 0 Å². The maximum Gasteiger partial charge on any atom is 0.0357 e. The Morgan fingerprint density at radius 2 is 1.86 bits per heavy atom. The van der Waals surface area contributed by atoms with Gasteiger partial charge in [0.15, 0.2) is 0 Å². The molecule has 1 N–H and O–H groups in total. The van der Waals surface area contributed by atoms with Gasteiger partial charge >= 0.3 is 0 Å². The molecule has 0 bridgehead atoms. The molecule has 0 saturated carbocycles. The van der Waals surface area contributed by atoms with E-state index in [0.29, 0.717) is 6.04 Å². The van der Waals surface area contributed by atoms with Crippen LogP contribution < -0.4 is 5.32 Å². The second kappa shape index (κ2) is 6.17. The average Bonchev–Trinajstić information content (AvgIpc) is 2.25. The van der Waals surface area contributed by atoms with Gasteiger partial charge in [0.2, 0.25) is 0 Å². The van der Waals surface area contributed by atoms with Crippen molar-refractivity contribution in [2.24, 2.45) is 0 Å². The van der Waals surface area contributed by atoms with Crippen LogP contribution in [0.15, 0.2) is 55.6 Å². The van der Waals surface area contributed by atoms with E-state index in [1.165, 1.54) is 5.56 Å². The monoisotopic (exact) mass is 187 g/mol. The summed E-state index contributed by atoms with van der Waals surface area (Å²) in [5.74, 6) is 0. The maximum absolute atomic E-state index is 3.77. The van der Waals surface area contributed by atoms with E-state index in [-0.39, 0.29) is 0 Å². The van der Waals surface area contributed by atoms with Gasteiger partial charge in [-0.3, -0.25) is 0 Å². The molecule has 1 rings (SSSR count). The first-order valence-electron chi connectivity index (χ1n) is 4.88. The van der Waals surface area contributed by atoms with Crippen molar-refractivity contribution < 1.29 is 0 Å². The molecule has 0 fully saturated rings. The highest BCUT2D eigenvalue weighted by atomic mass is 14.9. The number of benzene rings is 1. The zero-order valence-electron chi connectivity index (χ0n) is 8.45. The van der Waals surface area contributed by atoms with E-state index in [4.69, 9.17) is 0 Å². The van der Waals surface area contributed by atoms with Crippen molar-refractivity contribution in [3.8, 4) is 0 Å². The lowest BCUT2D eigenvalue weighted by atomic mass is 10.0. The summed E-state index contributed by atoms with van der Waals surface area (Å²) in [6.45, 7) is 8.29. The Labute approximate surface area is 86.2 Å². The number of rotatable bonds is 6. The van der Waals surface area contributed by atoms with Crippen molar-refractivity contribution in [1.82, 2.24) is 5.32 Å². The van der Waals surface area contributed by atoms with E-state index < -0.39 is 0 Å². The minimum absolute atomic E-state index is 0.353. The van der Waals surface area contributed by atoms with E-state index in [0.717, 1.165) is 13.0 Å². The van der Waals surface area contributed by atoms with Crippen LogP contribution >= 0.6 is 0 Å². The summed E-state index contributed by atoms with van der Waals surface area (Å²) in [4.78, 5) is 0. The molecule has 0 saturated heterocycles. The molecule has 0 spiro atoms. The Bertz CT molecular complexity index is 277. The van der Waals surface area contributed by atoms with E-state index in [9.17, 15) is 0 Å². The van der Waals surface area contributed by atoms with Crippen LogP contribution in [0.2, 0.25) is 0 Å². The highest BCUT2D eigenvalue weighted by Gasteiger charge is 2.06. The molecule has 14 heavy (non-hydrogen) atoms. The van der Waals surface area contributed by atoms with E-state index in [1.807, 2.05) is 18.2 Å². The van der Waals surface area contributed by atoms with Crippen molar-refractivity contribution in [3.63, 3.8) is 0 Å². The molecule has 1 heteroatoms. The molecule has 1 aromatic rings. The largest absolute Gasteiger partial charge is 0.306 e. The smallest absolute Gasteiger partial charge is 0.0357 e. The van der Waals surface area contributed by atoms with Crippen LogP contribution in [-0.2, 0) is 0 Å². The third-order valence-corrected chi connectivity index (χ3v) is 2.11. The predicted octanol–water partition coefficient (Wildman–Crippen LogP) is 3.08. The van der Waals surface area contributed by atoms with Gasteiger partial charge in [-0.1, -0.05) is 42.5 Å². The SMILES string of the molecule is C=CCN[C@@H](CC=C)c1ccccc1. The van der Waals surface area contributed by atoms with Gasteiger partial charge < -0.3 is 5.32 Å². The standard InChI is InChI=1S/C13H17N/c1-3-8-13(14-11-4-2)12-9-6-5-7-10-12/h3-7,9-10,13-14H,1-2,8,11H2/t13-/m0/s1. The van der Waals surface area contributed by atoms with Gasteiger partial charge in [-0.25, -0.2) is 0 Å². The van der Waals surface area contributed by atoms with Gasteiger partial charge in [-0.05, 0) is 12.0 Å². The summed E-state index contributed by atoms with van der Waals surface area (Å²) < 4.78 is 0. The Balaban J connectivity index is 2.66. The maximum atomic E-state index is 3.77. The molecular weight excluding hydrogens is 170 g/mol. The molecular formula is C13H17N. The number of nitrogens with one attached hydrogen (secondary N) is 1. The lowest BCUT2D eigenvalue weighted by Gasteiger charge is -2.16. The molecule has 0 aliphatic rings. The molecule has 1 aromatic carbocycles. The fourth-order valence-corrected chi connectivity index (χ4v) is 1.41. The normalized spacial score (nSPS) is 12.0. The van der Waals surface area contributed by atoms with Gasteiger partial charge in [0.1, 0.15) is 0 Å². The Hall–Kier alpha value is -1.34. The highest BCUT2D eigenvalue weighted by Crippen LogP contribution is 2.16.